The van der Waals surface area contributed by atoms with Gasteiger partial charge in [-0.3, -0.25) is 9.59 Å². The van der Waals surface area contributed by atoms with E-state index in [-0.39, 0.29) is 18.9 Å². The Bertz CT molecular complexity index is 455. The van der Waals surface area contributed by atoms with E-state index in [9.17, 15) is 9.59 Å². The van der Waals surface area contributed by atoms with Crippen LogP contribution in [0, 0.1) is 0 Å². The molecule has 1 aromatic rings. The SMILES string of the molecule is CCC(CC)(CC(=O)O)NC(=O)COCc1ccccc1. The molecular weight excluding hydrogens is 270 g/mol. The van der Waals surface area contributed by atoms with Crippen LogP contribution in [0.2, 0.25) is 0 Å². The fourth-order valence-corrected chi connectivity index (χ4v) is 2.18. The van der Waals surface area contributed by atoms with Gasteiger partial charge in [0.15, 0.2) is 0 Å². The Balaban J connectivity index is 2.45. The molecular formula is C16H23NO4. The minimum atomic E-state index is -0.913. The highest BCUT2D eigenvalue weighted by molar-refractivity contribution is 5.79. The Morgan fingerprint density at radius 2 is 1.81 bits per heavy atom. The number of rotatable bonds is 9. The van der Waals surface area contributed by atoms with Gasteiger partial charge in [-0.15, -0.1) is 0 Å². The maximum absolute atomic E-state index is 11.9. The maximum atomic E-state index is 11.9. The monoisotopic (exact) mass is 293 g/mol. The zero-order valence-corrected chi connectivity index (χ0v) is 12.6. The Morgan fingerprint density at radius 3 is 2.33 bits per heavy atom. The predicted molar refractivity (Wildman–Crippen MR) is 79.8 cm³/mol. The number of ether oxygens (including phenoxy) is 1. The summed E-state index contributed by atoms with van der Waals surface area (Å²) in [5, 5.41) is 11.8. The van der Waals surface area contributed by atoms with Crippen molar-refractivity contribution in [1.82, 2.24) is 5.32 Å². The first-order chi connectivity index (χ1) is 10.0. The number of nitrogens with one attached hydrogen (secondary N) is 1. The first-order valence-electron chi connectivity index (χ1n) is 7.16. The summed E-state index contributed by atoms with van der Waals surface area (Å²) in [7, 11) is 0. The van der Waals surface area contributed by atoms with Gasteiger partial charge < -0.3 is 15.2 Å². The summed E-state index contributed by atoms with van der Waals surface area (Å²) in [6.07, 6.45) is 1.06. The summed E-state index contributed by atoms with van der Waals surface area (Å²) >= 11 is 0. The van der Waals surface area contributed by atoms with E-state index in [2.05, 4.69) is 5.32 Å². The summed E-state index contributed by atoms with van der Waals surface area (Å²) in [6, 6.07) is 9.57. The highest BCUT2D eigenvalue weighted by atomic mass is 16.5. The molecule has 1 amide bonds. The van der Waals surface area contributed by atoms with E-state index in [0.717, 1.165) is 5.56 Å². The molecule has 0 atom stereocenters. The zero-order valence-electron chi connectivity index (χ0n) is 12.6. The molecule has 0 aliphatic heterocycles. The topological polar surface area (TPSA) is 75.6 Å². The van der Waals surface area contributed by atoms with Crippen LogP contribution in [0.15, 0.2) is 30.3 Å². The van der Waals surface area contributed by atoms with Crippen molar-refractivity contribution in [2.45, 2.75) is 45.3 Å². The molecule has 0 aromatic heterocycles. The van der Waals surface area contributed by atoms with Crippen LogP contribution >= 0.6 is 0 Å². The smallest absolute Gasteiger partial charge is 0.305 e. The average molecular weight is 293 g/mol. The molecule has 0 radical (unpaired) electrons. The lowest BCUT2D eigenvalue weighted by Crippen LogP contribution is -2.50. The van der Waals surface area contributed by atoms with Gasteiger partial charge in [0.1, 0.15) is 6.61 Å². The Labute approximate surface area is 125 Å². The number of carboxylic acids is 1. The van der Waals surface area contributed by atoms with Crippen molar-refractivity contribution in [3.05, 3.63) is 35.9 Å². The second-order valence-corrected chi connectivity index (χ2v) is 5.08. The van der Waals surface area contributed by atoms with Crippen molar-refractivity contribution in [2.24, 2.45) is 0 Å². The standard InChI is InChI=1S/C16H23NO4/c1-3-16(4-2,10-15(19)20)17-14(18)12-21-11-13-8-6-5-7-9-13/h5-9H,3-4,10-12H2,1-2H3,(H,17,18)(H,19,20). The first-order valence-corrected chi connectivity index (χ1v) is 7.16. The van der Waals surface area contributed by atoms with Crippen LogP contribution in [0.5, 0.6) is 0 Å². The third-order valence-electron chi connectivity index (χ3n) is 3.59. The largest absolute Gasteiger partial charge is 0.481 e. The molecule has 0 unspecified atom stereocenters. The van der Waals surface area contributed by atoms with E-state index in [0.29, 0.717) is 19.4 Å². The van der Waals surface area contributed by atoms with Crippen LogP contribution in [-0.4, -0.2) is 29.1 Å². The van der Waals surface area contributed by atoms with Gasteiger partial charge in [-0.1, -0.05) is 44.2 Å². The second kappa shape index (κ2) is 8.42. The van der Waals surface area contributed by atoms with Crippen molar-refractivity contribution in [1.29, 1.82) is 0 Å². The Morgan fingerprint density at radius 1 is 1.19 bits per heavy atom. The van der Waals surface area contributed by atoms with Gasteiger partial charge in [0.2, 0.25) is 5.91 Å². The van der Waals surface area contributed by atoms with Crippen LogP contribution in [-0.2, 0) is 20.9 Å². The normalized spacial score (nSPS) is 11.1. The minimum Gasteiger partial charge on any atom is -0.481 e. The van der Waals surface area contributed by atoms with Gasteiger partial charge >= 0.3 is 5.97 Å². The number of hydrogen-bond donors (Lipinski definition) is 2. The van der Waals surface area contributed by atoms with Crippen LogP contribution in [0.3, 0.4) is 0 Å². The minimum absolute atomic E-state index is 0.0732. The fourth-order valence-electron chi connectivity index (χ4n) is 2.18. The van der Waals surface area contributed by atoms with E-state index < -0.39 is 11.5 Å². The first kappa shape index (κ1) is 17.2. The van der Waals surface area contributed by atoms with Crippen LogP contribution in [0.1, 0.15) is 38.7 Å². The number of carbonyl (C=O) groups is 2. The Kier molecular flexibility index (Phi) is 6.88. The van der Waals surface area contributed by atoms with Crippen molar-refractivity contribution in [2.75, 3.05) is 6.61 Å². The molecule has 0 heterocycles. The van der Waals surface area contributed by atoms with Gasteiger partial charge in [0.05, 0.1) is 18.6 Å². The number of carbonyl (C=O) groups excluding carboxylic acids is 1. The molecule has 21 heavy (non-hydrogen) atoms. The van der Waals surface area contributed by atoms with Gasteiger partial charge in [0, 0.05) is 0 Å². The number of hydrogen-bond acceptors (Lipinski definition) is 3. The molecule has 0 saturated heterocycles. The van der Waals surface area contributed by atoms with E-state index >= 15 is 0 Å². The zero-order chi connectivity index (χ0) is 15.7. The summed E-state index contributed by atoms with van der Waals surface area (Å²) in [5.74, 6) is -1.19. The molecule has 0 spiro atoms. The van der Waals surface area contributed by atoms with Crippen molar-refractivity contribution in [3.8, 4) is 0 Å². The van der Waals surface area contributed by atoms with E-state index in [1.54, 1.807) is 0 Å². The molecule has 1 aromatic carbocycles. The number of aliphatic carboxylic acids is 1. The molecule has 5 heteroatoms. The Hall–Kier alpha value is -1.88. The van der Waals surface area contributed by atoms with Gasteiger partial charge in [-0.25, -0.2) is 0 Å². The fraction of sp³-hybridized carbons (Fsp3) is 0.500. The molecule has 116 valence electrons. The third-order valence-corrected chi connectivity index (χ3v) is 3.59. The van der Waals surface area contributed by atoms with Gasteiger partial charge in [0.25, 0.3) is 0 Å². The molecule has 0 fully saturated rings. The summed E-state index contributed by atoms with van der Waals surface area (Å²) < 4.78 is 5.36. The van der Waals surface area contributed by atoms with Crippen molar-refractivity contribution in [3.63, 3.8) is 0 Å². The average Bonchev–Trinajstić information content (AvgIpc) is 2.47. The quantitative estimate of drug-likeness (QED) is 0.733. The number of amides is 1. The summed E-state index contributed by atoms with van der Waals surface area (Å²) in [4.78, 5) is 22.8. The lowest BCUT2D eigenvalue weighted by molar-refractivity contribution is -0.139. The molecule has 0 aliphatic carbocycles. The van der Waals surface area contributed by atoms with Crippen LogP contribution < -0.4 is 5.32 Å². The summed E-state index contributed by atoms with van der Waals surface area (Å²) in [6.45, 7) is 4.03. The van der Waals surface area contributed by atoms with Crippen LogP contribution in [0.4, 0.5) is 0 Å². The number of carboxylic acid groups (broad SMARTS) is 1. The third kappa shape index (κ3) is 5.95. The van der Waals surface area contributed by atoms with Crippen molar-refractivity contribution < 1.29 is 19.4 Å². The summed E-state index contributed by atoms with van der Waals surface area (Å²) in [5.41, 5.74) is 0.298. The lowest BCUT2D eigenvalue weighted by Gasteiger charge is -2.31. The molecule has 0 bridgehead atoms. The highest BCUT2D eigenvalue weighted by Gasteiger charge is 2.30. The van der Waals surface area contributed by atoms with Crippen molar-refractivity contribution >= 4 is 11.9 Å². The van der Waals surface area contributed by atoms with Gasteiger partial charge in [-0.05, 0) is 18.4 Å². The maximum Gasteiger partial charge on any atom is 0.305 e. The molecule has 2 N–H and O–H groups in total. The lowest BCUT2D eigenvalue weighted by atomic mass is 9.89. The molecule has 1 rings (SSSR count). The van der Waals surface area contributed by atoms with E-state index in [4.69, 9.17) is 9.84 Å². The number of benzene rings is 1. The van der Waals surface area contributed by atoms with Gasteiger partial charge in [-0.2, -0.15) is 0 Å². The molecule has 0 aliphatic rings. The van der Waals surface area contributed by atoms with Crippen LogP contribution in [0.25, 0.3) is 0 Å². The van der Waals surface area contributed by atoms with E-state index in [1.165, 1.54) is 0 Å². The predicted octanol–water partition coefficient (Wildman–Crippen LogP) is 2.35. The highest BCUT2D eigenvalue weighted by Crippen LogP contribution is 2.19. The molecule has 0 saturated carbocycles. The van der Waals surface area contributed by atoms with E-state index in [1.807, 2.05) is 44.2 Å². The second-order valence-electron chi connectivity index (χ2n) is 5.08. The molecule has 5 nitrogen and oxygen atoms in total.